The molecule has 0 aliphatic carbocycles. The first-order chi connectivity index (χ1) is 47.6. The molecule has 552 valence electrons. The van der Waals surface area contributed by atoms with Gasteiger partial charge in [0.05, 0.1) is 277 Å². The third-order valence-electron chi connectivity index (χ3n) is 12.9. The van der Waals surface area contributed by atoms with Crippen LogP contribution in [0, 0.1) is 0 Å². The van der Waals surface area contributed by atoms with E-state index >= 15 is 0 Å². The van der Waals surface area contributed by atoms with E-state index in [2.05, 4.69) is 0 Å². The Kier molecular flexibility index (Phi) is 52.9. The molecule has 6 N–H and O–H groups in total. The topological polar surface area (TPSA) is 343 Å². The zero-order valence-electron chi connectivity index (χ0n) is 55.9. The molecule has 0 heterocycles. The van der Waals surface area contributed by atoms with Crippen molar-refractivity contribution in [3.05, 3.63) is 36.4 Å². The molecule has 0 unspecified atom stereocenters. The summed E-state index contributed by atoms with van der Waals surface area (Å²) in [6.07, 6.45) is 0. The molecular formula is C66H108O30. The molecule has 0 fully saturated rings. The summed E-state index contributed by atoms with van der Waals surface area (Å²) in [6.45, 7) is 11.3. The van der Waals surface area contributed by atoms with Gasteiger partial charge in [-0.1, -0.05) is 0 Å². The third-order valence-corrected chi connectivity index (χ3v) is 12.9. The maximum atomic E-state index is 9.00. The minimum absolute atomic E-state index is 0.0632. The fraction of sp³-hybridized carbons (Fsp3) is 0.727. The largest absolute Gasteiger partial charge is 0.487 e. The fourth-order valence-electron chi connectivity index (χ4n) is 8.60. The number of aliphatic hydroxyl groups is 6. The number of hydrogen-bond donors (Lipinski definition) is 6. The normalized spacial score (nSPS) is 11.7. The molecule has 0 aliphatic rings. The highest BCUT2D eigenvalue weighted by atomic mass is 16.6. The Hall–Kier alpha value is -4.50. The van der Waals surface area contributed by atoms with E-state index in [1.54, 1.807) is 0 Å². The summed E-state index contributed by atoms with van der Waals surface area (Å²) < 4.78 is 140. The van der Waals surface area contributed by atoms with Crippen LogP contribution in [-0.4, -0.2) is 348 Å². The first-order valence-electron chi connectivity index (χ1n) is 33.0. The first kappa shape index (κ1) is 83.9. The van der Waals surface area contributed by atoms with Crippen LogP contribution >= 0.6 is 0 Å². The summed E-state index contributed by atoms with van der Waals surface area (Å²) in [5.41, 5.74) is 0. The van der Waals surface area contributed by atoms with Gasteiger partial charge < -0.3 is 144 Å². The quantitative estimate of drug-likeness (QED) is 0.0270. The summed E-state index contributed by atoms with van der Waals surface area (Å²) in [7, 11) is 0. The maximum absolute atomic E-state index is 9.00. The SMILES string of the molecule is OCCOCCOCCOCCOc1cc2c3cc(OCCOCCOCCOCCO)c(OCCOCCOCCOCCO)cc3c3cc(OCCOCCOCCOCCO)c(OCCOCCOCCOCCO)cc3c2cc1OCCOCCOCCOCCO. The predicted octanol–water partition coefficient (Wildman–Crippen LogP) is 1.67. The zero-order valence-corrected chi connectivity index (χ0v) is 55.9. The number of hydrogen-bond acceptors (Lipinski definition) is 30. The van der Waals surface area contributed by atoms with Crippen LogP contribution in [0.1, 0.15) is 0 Å². The Bertz CT molecular complexity index is 1990. The molecule has 0 aromatic heterocycles. The van der Waals surface area contributed by atoms with E-state index in [0.717, 1.165) is 32.3 Å². The summed E-state index contributed by atoms with van der Waals surface area (Å²) in [5.74, 6) is 2.52. The molecule has 0 radical (unpaired) electrons. The van der Waals surface area contributed by atoms with Crippen LogP contribution in [0.2, 0.25) is 0 Å². The van der Waals surface area contributed by atoms with E-state index in [0.29, 0.717) is 193 Å². The van der Waals surface area contributed by atoms with Gasteiger partial charge in [0.2, 0.25) is 0 Å². The molecular weight excluding hydrogens is 1270 g/mol. The number of ether oxygens (including phenoxy) is 24. The number of aliphatic hydroxyl groups excluding tert-OH is 6. The summed E-state index contributed by atoms with van der Waals surface area (Å²) in [4.78, 5) is 0. The standard InChI is InChI=1S/C66H108O30/c67-1-7-73-13-19-79-25-31-85-37-43-91-61-49-55-56(50-62(61)92-44-38-86-32-26-80-20-14-74-8-2-68)58-52-64(94-46-40-88-34-28-82-22-16-76-10-4-70)66(96-48-42-90-36-30-84-24-18-78-12-6-72)54-60(58)59-53-65(95-47-41-89-35-29-83-23-17-77-11-5-71)63(51-57(55)59)93-45-39-87-33-27-81-21-15-75-9-3-69/h49-54,67-72H,1-48H2. The average molecular weight is 1380 g/mol. The minimum Gasteiger partial charge on any atom is -0.487 e. The van der Waals surface area contributed by atoms with Crippen LogP contribution in [0.4, 0.5) is 0 Å². The van der Waals surface area contributed by atoms with Crippen LogP contribution < -0.4 is 28.4 Å². The highest BCUT2D eigenvalue weighted by Gasteiger charge is 2.21. The molecule has 96 heavy (non-hydrogen) atoms. The Morgan fingerprint density at radius 2 is 0.229 bits per heavy atom. The lowest BCUT2D eigenvalue weighted by atomic mass is 9.93. The minimum atomic E-state index is -0.0632. The number of benzene rings is 4. The second-order valence-electron chi connectivity index (χ2n) is 20.0. The lowest BCUT2D eigenvalue weighted by molar-refractivity contribution is 0.00239. The number of rotatable bonds is 72. The molecule has 4 aromatic rings. The lowest BCUT2D eigenvalue weighted by Gasteiger charge is -2.21. The van der Waals surface area contributed by atoms with Gasteiger partial charge in [0, 0.05) is 0 Å². The Balaban J connectivity index is 1.78. The molecule has 0 atom stereocenters. The van der Waals surface area contributed by atoms with Crippen LogP contribution in [0.15, 0.2) is 36.4 Å². The van der Waals surface area contributed by atoms with Crippen molar-refractivity contribution in [3.63, 3.8) is 0 Å². The Morgan fingerprint density at radius 3 is 0.333 bits per heavy atom. The van der Waals surface area contributed by atoms with Crippen molar-refractivity contribution in [2.45, 2.75) is 0 Å². The van der Waals surface area contributed by atoms with Gasteiger partial charge in [0.1, 0.15) is 39.6 Å². The van der Waals surface area contributed by atoms with Gasteiger partial charge in [-0.2, -0.15) is 0 Å². The maximum Gasteiger partial charge on any atom is 0.161 e. The molecule has 4 aromatic carbocycles. The van der Waals surface area contributed by atoms with Crippen molar-refractivity contribution in [2.75, 3.05) is 317 Å². The zero-order chi connectivity index (χ0) is 68.1. The van der Waals surface area contributed by atoms with Gasteiger partial charge in [0.25, 0.3) is 0 Å². The van der Waals surface area contributed by atoms with E-state index in [-0.39, 0.29) is 159 Å². The van der Waals surface area contributed by atoms with Crippen molar-refractivity contribution in [3.8, 4) is 34.5 Å². The van der Waals surface area contributed by atoms with E-state index in [1.807, 2.05) is 36.4 Å². The van der Waals surface area contributed by atoms with E-state index in [1.165, 1.54) is 0 Å². The Morgan fingerprint density at radius 1 is 0.135 bits per heavy atom. The van der Waals surface area contributed by atoms with E-state index in [9.17, 15) is 0 Å². The molecule has 0 bridgehead atoms. The van der Waals surface area contributed by atoms with E-state index in [4.69, 9.17) is 144 Å². The third kappa shape index (κ3) is 39.3. The van der Waals surface area contributed by atoms with Crippen LogP contribution in [0.3, 0.4) is 0 Å². The van der Waals surface area contributed by atoms with Crippen molar-refractivity contribution in [2.24, 2.45) is 0 Å². The van der Waals surface area contributed by atoms with Crippen molar-refractivity contribution in [1.29, 1.82) is 0 Å². The van der Waals surface area contributed by atoms with Gasteiger partial charge in [-0.15, -0.1) is 0 Å². The lowest BCUT2D eigenvalue weighted by Crippen LogP contribution is -2.15. The fourth-order valence-corrected chi connectivity index (χ4v) is 8.60. The van der Waals surface area contributed by atoms with Crippen molar-refractivity contribution >= 4 is 32.3 Å². The summed E-state index contributed by atoms with van der Waals surface area (Å²) >= 11 is 0. The predicted molar refractivity (Wildman–Crippen MR) is 349 cm³/mol. The van der Waals surface area contributed by atoms with Gasteiger partial charge in [-0.05, 0) is 68.7 Å². The highest BCUT2D eigenvalue weighted by Crippen LogP contribution is 2.47. The molecule has 0 amide bonds. The molecule has 30 nitrogen and oxygen atoms in total. The molecule has 0 saturated heterocycles. The Labute approximate surface area is 562 Å². The van der Waals surface area contributed by atoms with Crippen LogP contribution in [0.5, 0.6) is 34.5 Å². The molecule has 4 rings (SSSR count). The second kappa shape index (κ2) is 60.5. The highest BCUT2D eigenvalue weighted by molar-refractivity contribution is 6.26. The monoisotopic (exact) mass is 1380 g/mol. The molecule has 30 heteroatoms. The second-order valence-corrected chi connectivity index (χ2v) is 20.0. The van der Waals surface area contributed by atoms with Crippen molar-refractivity contribution in [1.82, 2.24) is 0 Å². The first-order valence-corrected chi connectivity index (χ1v) is 33.0. The molecule has 0 spiro atoms. The number of fused-ring (bicyclic) bond motifs is 6. The van der Waals surface area contributed by atoms with Gasteiger partial charge >= 0.3 is 0 Å². The van der Waals surface area contributed by atoms with Crippen molar-refractivity contribution < 1.29 is 144 Å². The van der Waals surface area contributed by atoms with Gasteiger partial charge in [-0.25, -0.2) is 0 Å². The summed E-state index contributed by atoms with van der Waals surface area (Å²) in [6, 6.07) is 11.6. The molecule has 0 saturated carbocycles. The van der Waals surface area contributed by atoms with Crippen LogP contribution in [0.25, 0.3) is 32.3 Å². The van der Waals surface area contributed by atoms with E-state index < -0.39 is 0 Å². The van der Waals surface area contributed by atoms with Gasteiger partial charge in [-0.3, -0.25) is 0 Å². The van der Waals surface area contributed by atoms with Crippen LogP contribution in [-0.2, 0) is 85.3 Å². The van der Waals surface area contributed by atoms with Gasteiger partial charge in [0.15, 0.2) is 34.5 Å². The molecule has 0 aliphatic heterocycles. The smallest absolute Gasteiger partial charge is 0.161 e. The summed E-state index contributed by atoms with van der Waals surface area (Å²) in [5, 5.41) is 58.5. The average Bonchev–Trinajstić information content (AvgIpc) is 0.729.